The highest BCUT2D eigenvalue weighted by atomic mass is 28.3. The average molecular weight is 903 g/mol. The monoisotopic (exact) mass is 902 g/mol. The second-order valence-corrected chi connectivity index (χ2v) is 29.6. The molecule has 5 rings (SSSR count). The average Bonchev–Trinajstić information content (AvgIpc) is 3.27. The van der Waals surface area contributed by atoms with Crippen molar-refractivity contribution in [3.8, 4) is 0 Å². The quantitative estimate of drug-likeness (QED) is 0.0383. The van der Waals surface area contributed by atoms with Gasteiger partial charge in [-0.15, -0.1) is 0 Å². The molecule has 0 spiro atoms. The molecule has 4 aromatic carbocycles. The summed E-state index contributed by atoms with van der Waals surface area (Å²) >= 11 is 0. The molecule has 0 unspecified atom stereocenters. The maximum atomic E-state index is 15.6. The lowest BCUT2D eigenvalue weighted by molar-refractivity contribution is -0.188. The fraction of sp³-hybridized carbons (Fsp3) is 0.468. The minimum absolute atomic E-state index is 0.105. The van der Waals surface area contributed by atoms with E-state index < -0.39 is 69.9 Å². The van der Waals surface area contributed by atoms with Crippen molar-refractivity contribution in [3.05, 3.63) is 143 Å². The summed E-state index contributed by atoms with van der Waals surface area (Å²) in [4.78, 5) is 18.8. The van der Waals surface area contributed by atoms with Gasteiger partial charge in [-0.25, -0.2) is 4.79 Å². The number of carbonyl (C=O) groups excluding carboxylic acids is 1. The molecule has 0 N–H and O–H groups in total. The van der Waals surface area contributed by atoms with Gasteiger partial charge in [-0.1, -0.05) is 124 Å². The number of hydrogen-bond donors (Lipinski definition) is 0. The van der Waals surface area contributed by atoms with Crippen LogP contribution in [-0.2, 0) is 57.2 Å². The zero-order chi connectivity index (χ0) is 45.1. The van der Waals surface area contributed by atoms with Gasteiger partial charge in [-0.05, 0) is 71.4 Å². The molecule has 1 aliphatic rings. The Bertz CT molecular complexity index is 1820. The summed E-state index contributed by atoms with van der Waals surface area (Å²) in [5, 5.41) is 0. The van der Waals surface area contributed by atoms with Gasteiger partial charge in [-0.3, -0.25) is 0 Å². The molecule has 1 fully saturated rings. The molecule has 338 valence electrons. The topological polar surface area (TPSA) is 60.5 Å². The van der Waals surface area contributed by atoms with E-state index in [1.54, 1.807) is 9.80 Å². The Kier molecular flexibility index (Phi) is 17.1. The number of hydrogen-bond acceptors (Lipinski definition) is 5. The Morgan fingerprint density at radius 1 is 0.500 bits per heavy atom. The molecule has 0 saturated carbocycles. The zero-order valence-corrected chi connectivity index (χ0v) is 38.5. The van der Waals surface area contributed by atoms with Crippen LogP contribution in [0.4, 0.5) is 31.1 Å². The van der Waals surface area contributed by atoms with Gasteiger partial charge in [0.15, 0.2) is 0 Å². The Morgan fingerprint density at radius 2 is 0.839 bits per heavy atom. The van der Waals surface area contributed by atoms with E-state index in [2.05, 4.69) is 39.3 Å². The van der Waals surface area contributed by atoms with Crippen LogP contribution in [0.25, 0.3) is 0 Å². The van der Waals surface area contributed by atoms with Gasteiger partial charge >= 0.3 is 18.4 Å². The van der Waals surface area contributed by atoms with Crippen molar-refractivity contribution >= 4 is 22.2 Å². The van der Waals surface area contributed by atoms with Crippen molar-refractivity contribution in [2.24, 2.45) is 0 Å². The molecule has 1 saturated heterocycles. The molecule has 1 aliphatic heterocycles. The molecule has 0 radical (unpaired) electrons. The van der Waals surface area contributed by atoms with E-state index in [1.807, 2.05) is 60.7 Å². The Labute approximate surface area is 364 Å². The maximum absolute atomic E-state index is 15.6. The lowest BCUT2D eigenvalue weighted by Gasteiger charge is -2.38. The maximum Gasteiger partial charge on any atom is 0.416 e. The molecule has 0 aromatic heterocycles. The first-order chi connectivity index (χ1) is 29.2. The number of rotatable bonds is 20. The molecule has 7 nitrogen and oxygen atoms in total. The van der Waals surface area contributed by atoms with Gasteiger partial charge in [-0.2, -0.15) is 26.3 Å². The minimum atomic E-state index is -4.56. The van der Waals surface area contributed by atoms with Crippen LogP contribution in [-0.4, -0.2) is 83.1 Å². The predicted molar refractivity (Wildman–Crippen MR) is 235 cm³/mol. The molecular formula is C47H60F6N2O5Si2. The third kappa shape index (κ3) is 15.1. The van der Waals surface area contributed by atoms with Crippen molar-refractivity contribution in [3.63, 3.8) is 0 Å². The van der Waals surface area contributed by atoms with Crippen molar-refractivity contribution in [1.29, 1.82) is 0 Å². The first kappa shape index (κ1) is 49.0. The highest BCUT2D eigenvalue weighted by Crippen LogP contribution is 2.35. The van der Waals surface area contributed by atoms with E-state index in [1.165, 1.54) is 24.3 Å². The van der Waals surface area contributed by atoms with E-state index in [4.69, 9.17) is 18.9 Å². The van der Waals surface area contributed by atoms with Crippen LogP contribution in [0, 0.1) is 0 Å². The standard InChI is InChI=1S/C47H60F6N2O5Si2/c1-61(2,3)27-25-57-33-59-43-41(29-35-13-9-7-10-14-35)54(31-37-17-21-39(22-18-37)46(48,49)50)45(56)55(32-38-19-23-40(24-20-38)47(51,52)53)42(30-36-15-11-8-12-16-36)44(43)60-34-58-26-28-62(4,5)6/h7-24,41-44H,25-34H2,1-6H3/t41-,42-,43+,44+/m1/s1. The van der Waals surface area contributed by atoms with E-state index in [-0.39, 0.29) is 39.5 Å². The van der Waals surface area contributed by atoms with Crippen LogP contribution in [0.15, 0.2) is 109 Å². The van der Waals surface area contributed by atoms with Crippen molar-refractivity contribution < 1.29 is 50.1 Å². The number of ether oxygens (including phenoxy) is 4. The highest BCUT2D eigenvalue weighted by Gasteiger charge is 2.49. The summed E-state index contributed by atoms with van der Waals surface area (Å²) in [6, 6.07) is 28.2. The van der Waals surface area contributed by atoms with Gasteiger partial charge < -0.3 is 28.7 Å². The number of carbonyl (C=O) groups is 1. The zero-order valence-electron chi connectivity index (χ0n) is 36.5. The van der Waals surface area contributed by atoms with Crippen LogP contribution >= 0.6 is 0 Å². The summed E-state index contributed by atoms with van der Waals surface area (Å²) in [5.74, 6) is 0. The number of nitrogens with zero attached hydrogens (tertiary/aromatic N) is 2. The summed E-state index contributed by atoms with van der Waals surface area (Å²) in [7, 11) is -2.95. The SMILES string of the molecule is C[Si](C)(C)CCOCO[C@@H]1[C@@H](OCOCC[Si](C)(C)C)[C@@H](Cc2ccccc2)N(Cc2ccc(C(F)(F)F)cc2)C(=O)N(Cc2ccc(C(F)(F)F)cc2)[C@@H]1Cc1ccccc1. The molecule has 15 heteroatoms. The van der Waals surface area contributed by atoms with Crippen molar-refractivity contribution in [2.75, 3.05) is 26.8 Å². The molecule has 4 aromatic rings. The van der Waals surface area contributed by atoms with E-state index >= 15 is 4.79 Å². The molecule has 0 bridgehead atoms. The Balaban J connectivity index is 1.68. The van der Waals surface area contributed by atoms with Gasteiger partial charge in [0.25, 0.3) is 0 Å². The fourth-order valence-corrected chi connectivity index (χ4v) is 8.82. The van der Waals surface area contributed by atoms with E-state index in [0.717, 1.165) is 47.5 Å². The molecule has 4 atom stereocenters. The molecule has 62 heavy (non-hydrogen) atoms. The van der Waals surface area contributed by atoms with E-state index in [9.17, 15) is 26.3 Å². The molecular weight excluding hydrogens is 843 g/mol. The third-order valence-corrected chi connectivity index (χ3v) is 14.3. The fourth-order valence-electron chi connectivity index (χ4n) is 7.31. The smallest absolute Gasteiger partial charge is 0.356 e. The van der Waals surface area contributed by atoms with Crippen LogP contribution < -0.4 is 0 Å². The van der Waals surface area contributed by atoms with Gasteiger partial charge in [0, 0.05) is 42.5 Å². The molecule has 0 aliphatic carbocycles. The minimum Gasteiger partial charge on any atom is -0.356 e. The van der Waals surface area contributed by atoms with Gasteiger partial charge in [0.2, 0.25) is 0 Å². The number of alkyl halides is 6. The van der Waals surface area contributed by atoms with Gasteiger partial charge in [0.05, 0.1) is 23.2 Å². The first-order valence-corrected chi connectivity index (χ1v) is 28.5. The van der Waals surface area contributed by atoms with Crippen LogP contribution in [0.2, 0.25) is 51.4 Å². The van der Waals surface area contributed by atoms with Crippen molar-refractivity contribution in [1.82, 2.24) is 9.80 Å². The van der Waals surface area contributed by atoms with Crippen LogP contribution in [0.5, 0.6) is 0 Å². The lowest BCUT2D eigenvalue weighted by atomic mass is 9.90. The van der Waals surface area contributed by atoms with E-state index in [0.29, 0.717) is 24.3 Å². The number of urea groups is 1. The lowest BCUT2D eigenvalue weighted by Crippen LogP contribution is -2.53. The number of amides is 2. The number of benzene rings is 4. The van der Waals surface area contributed by atoms with Crippen molar-refractivity contribution in [2.45, 2.75) is 114 Å². The van der Waals surface area contributed by atoms with Crippen LogP contribution in [0.3, 0.4) is 0 Å². The second kappa shape index (κ2) is 21.6. The molecule has 1 heterocycles. The normalized spacial score (nSPS) is 19.2. The van der Waals surface area contributed by atoms with Crippen LogP contribution in [0.1, 0.15) is 33.4 Å². The Hall–Kier alpha value is -4.00. The molecule has 2 amide bonds. The summed E-state index contributed by atoms with van der Waals surface area (Å²) < 4.78 is 108. The highest BCUT2D eigenvalue weighted by molar-refractivity contribution is 6.76. The van der Waals surface area contributed by atoms with Gasteiger partial charge in [0.1, 0.15) is 25.8 Å². The number of halogens is 6. The third-order valence-electron chi connectivity index (χ3n) is 10.9. The Morgan fingerprint density at radius 3 is 1.15 bits per heavy atom. The summed E-state index contributed by atoms with van der Waals surface area (Å²) in [5.41, 5.74) is 0.981. The second-order valence-electron chi connectivity index (χ2n) is 18.4. The first-order valence-electron chi connectivity index (χ1n) is 21.0. The summed E-state index contributed by atoms with van der Waals surface area (Å²) in [6.07, 6.45) is -10.3. The largest absolute Gasteiger partial charge is 0.416 e. The predicted octanol–water partition coefficient (Wildman–Crippen LogP) is 11.8. The summed E-state index contributed by atoms with van der Waals surface area (Å²) in [6.45, 7) is 13.9.